The van der Waals surface area contributed by atoms with Crippen molar-refractivity contribution < 1.29 is 4.79 Å². The van der Waals surface area contributed by atoms with Gasteiger partial charge < -0.3 is 10.6 Å². The molecule has 3 heteroatoms. The molecule has 1 amide bonds. The smallest absolute Gasteiger partial charge is 0.239 e. The minimum absolute atomic E-state index is 0.0503. The number of hydrogen-bond donors (Lipinski definition) is 1. The van der Waals surface area contributed by atoms with E-state index in [-0.39, 0.29) is 11.9 Å². The van der Waals surface area contributed by atoms with E-state index in [9.17, 15) is 4.79 Å². The standard InChI is InChI=1S/C8H14N2O/c1-7(9)8(11)10-5-3-2-4-6-10/h2-3,7H,4-6,9H2,1H3/t7-/m0/s1. The first-order valence-electron chi connectivity index (χ1n) is 3.91. The second-order valence-electron chi connectivity index (χ2n) is 2.83. The summed E-state index contributed by atoms with van der Waals surface area (Å²) in [5, 5.41) is 0. The van der Waals surface area contributed by atoms with Crippen LogP contribution in [0.5, 0.6) is 0 Å². The van der Waals surface area contributed by atoms with Crippen molar-refractivity contribution in [2.24, 2.45) is 5.73 Å². The maximum Gasteiger partial charge on any atom is 0.239 e. The van der Waals surface area contributed by atoms with Gasteiger partial charge >= 0.3 is 0 Å². The van der Waals surface area contributed by atoms with Crippen LogP contribution in [0, 0.1) is 0 Å². The Hall–Kier alpha value is -0.830. The Morgan fingerprint density at radius 3 is 2.82 bits per heavy atom. The van der Waals surface area contributed by atoms with Crippen molar-refractivity contribution in [3.8, 4) is 0 Å². The number of nitrogens with zero attached hydrogens (tertiary/aromatic N) is 1. The number of hydrogen-bond acceptors (Lipinski definition) is 2. The molecule has 0 fully saturated rings. The molecule has 0 aromatic rings. The Labute approximate surface area is 66.9 Å². The second kappa shape index (κ2) is 3.53. The van der Waals surface area contributed by atoms with Crippen molar-refractivity contribution in [3.63, 3.8) is 0 Å². The number of carbonyl (C=O) groups is 1. The van der Waals surface area contributed by atoms with Gasteiger partial charge in [0, 0.05) is 13.1 Å². The monoisotopic (exact) mass is 154 g/mol. The average Bonchev–Trinajstić information content (AvgIpc) is 2.05. The lowest BCUT2D eigenvalue weighted by atomic mass is 10.2. The van der Waals surface area contributed by atoms with Crippen LogP contribution in [0.1, 0.15) is 13.3 Å². The molecule has 0 radical (unpaired) electrons. The zero-order valence-corrected chi connectivity index (χ0v) is 6.79. The molecule has 0 unspecified atom stereocenters. The first kappa shape index (κ1) is 8.27. The Kier molecular flexibility index (Phi) is 2.65. The molecule has 3 nitrogen and oxygen atoms in total. The molecule has 1 aliphatic heterocycles. The molecule has 1 aliphatic rings. The summed E-state index contributed by atoms with van der Waals surface area (Å²) in [4.78, 5) is 13.0. The molecule has 0 saturated heterocycles. The first-order chi connectivity index (χ1) is 5.22. The second-order valence-corrected chi connectivity index (χ2v) is 2.83. The number of amides is 1. The maximum atomic E-state index is 11.3. The van der Waals surface area contributed by atoms with Gasteiger partial charge in [0.25, 0.3) is 0 Å². The predicted molar refractivity (Wildman–Crippen MR) is 44.0 cm³/mol. The van der Waals surface area contributed by atoms with Crippen molar-refractivity contribution in [1.82, 2.24) is 4.90 Å². The lowest BCUT2D eigenvalue weighted by molar-refractivity contribution is -0.131. The Morgan fingerprint density at radius 2 is 2.36 bits per heavy atom. The van der Waals surface area contributed by atoms with E-state index in [4.69, 9.17) is 5.73 Å². The summed E-state index contributed by atoms with van der Waals surface area (Å²) in [6.07, 6.45) is 5.05. The molecular formula is C8H14N2O. The SMILES string of the molecule is C[C@H](N)C(=O)N1CC=CCC1. The molecule has 0 aliphatic carbocycles. The normalized spacial score (nSPS) is 20.0. The van der Waals surface area contributed by atoms with E-state index in [2.05, 4.69) is 6.08 Å². The summed E-state index contributed by atoms with van der Waals surface area (Å²) in [5.41, 5.74) is 5.45. The maximum absolute atomic E-state index is 11.3. The third-order valence-corrected chi connectivity index (χ3v) is 1.76. The summed E-state index contributed by atoms with van der Waals surface area (Å²) in [7, 11) is 0. The minimum atomic E-state index is -0.360. The van der Waals surface area contributed by atoms with Gasteiger partial charge in [-0.3, -0.25) is 4.79 Å². The summed E-state index contributed by atoms with van der Waals surface area (Å²) in [6, 6.07) is -0.360. The molecular weight excluding hydrogens is 140 g/mol. The van der Waals surface area contributed by atoms with E-state index in [1.807, 2.05) is 6.08 Å². The zero-order chi connectivity index (χ0) is 8.27. The van der Waals surface area contributed by atoms with E-state index < -0.39 is 0 Å². The molecule has 1 rings (SSSR count). The summed E-state index contributed by atoms with van der Waals surface area (Å²) >= 11 is 0. The van der Waals surface area contributed by atoms with Crippen molar-refractivity contribution in [2.75, 3.05) is 13.1 Å². The van der Waals surface area contributed by atoms with Gasteiger partial charge in [0.1, 0.15) is 0 Å². The van der Waals surface area contributed by atoms with Gasteiger partial charge in [0.05, 0.1) is 6.04 Å². The van der Waals surface area contributed by atoms with E-state index in [1.54, 1.807) is 11.8 Å². The Bertz CT molecular complexity index is 175. The van der Waals surface area contributed by atoms with Crippen molar-refractivity contribution in [1.29, 1.82) is 0 Å². The topological polar surface area (TPSA) is 46.3 Å². The molecule has 0 aromatic heterocycles. The number of nitrogens with two attached hydrogens (primary N) is 1. The third-order valence-electron chi connectivity index (χ3n) is 1.76. The highest BCUT2D eigenvalue weighted by Gasteiger charge is 2.16. The quantitative estimate of drug-likeness (QED) is 0.545. The highest BCUT2D eigenvalue weighted by atomic mass is 16.2. The van der Waals surface area contributed by atoms with Crippen LogP contribution in [0.4, 0.5) is 0 Å². The van der Waals surface area contributed by atoms with Gasteiger partial charge in [-0.2, -0.15) is 0 Å². The lowest BCUT2D eigenvalue weighted by Crippen LogP contribution is -2.43. The molecule has 62 valence electrons. The van der Waals surface area contributed by atoms with Crippen LogP contribution in [0.25, 0.3) is 0 Å². The van der Waals surface area contributed by atoms with Crippen molar-refractivity contribution >= 4 is 5.91 Å². The van der Waals surface area contributed by atoms with Gasteiger partial charge in [-0.15, -0.1) is 0 Å². The molecule has 0 aromatic carbocycles. The molecule has 0 spiro atoms. The summed E-state index contributed by atoms with van der Waals surface area (Å²) < 4.78 is 0. The van der Waals surface area contributed by atoms with Gasteiger partial charge in [-0.1, -0.05) is 12.2 Å². The molecule has 2 N–H and O–H groups in total. The van der Waals surface area contributed by atoms with Crippen LogP contribution in [0.3, 0.4) is 0 Å². The van der Waals surface area contributed by atoms with E-state index in [0.29, 0.717) is 0 Å². The molecule has 0 saturated carbocycles. The van der Waals surface area contributed by atoms with Gasteiger partial charge in [-0.25, -0.2) is 0 Å². The number of rotatable bonds is 1. The molecule has 0 bridgehead atoms. The van der Waals surface area contributed by atoms with Crippen LogP contribution < -0.4 is 5.73 Å². The van der Waals surface area contributed by atoms with E-state index >= 15 is 0 Å². The zero-order valence-electron chi connectivity index (χ0n) is 6.79. The van der Waals surface area contributed by atoms with Gasteiger partial charge in [0.15, 0.2) is 0 Å². The van der Waals surface area contributed by atoms with Gasteiger partial charge in [-0.05, 0) is 13.3 Å². The minimum Gasteiger partial charge on any atom is -0.337 e. The van der Waals surface area contributed by atoms with Crippen LogP contribution in [-0.4, -0.2) is 29.9 Å². The van der Waals surface area contributed by atoms with Crippen LogP contribution in [0.15, 0.2) is 12.2 Å². The van der Waals surface area contributed by atoms with Crippen molar-refractivity contribution in [2.45, 2.75) is 19.4 Å². The predicted octanol–water partition coefficient (Wildman–Crippen LogP) is 0.122. The van der Waals surface area contributed by atoms with Crippen LogP contribution in [-0.2, 0) is 4.79 Å². The van der Waals surface area contributed by atoms with E-state index in [0.717, 1.165) is 19.5 Å². The Balaban J connectivity index is 2.47. The molecule has 11 heavy (non-hydrogen) atoms. The molecule has 1 heterocycles. The van der Waals surface area contributed by atoms with Crippen LogP contribution in [0.2, 0.25) is 0 Å². The highest BCUT2D eigenvalue weighted by molar-refractivity contribution is 5.81. The fourth-order valence-corrected chi connectivity index (χ4v) is 1.13. The average molecular weight is 154 g/mol. The molecule has 1 atom stereocenters. The largest absolute Gasteiger partial charge is 0.337 e. The Morgan fingerprint density at radius 1 is 1.64 bits per heavy atom. The summed E-state index contributed by atoms with van der Waals surface area (Å²) in [6.45, 7) is 3.26. The van der Waals surface area contributed by atoms with Gasteiger partial charge in [0.2, 0.25) is 5.91 Å². The fourth-order valence-electron chi connectivity index (χ4n) is 1.13. The fraction of sp³-hybridized carbons (Fsp3) is 0.625. The third kappa shape index (κ3) is 2.05. The highest BCUT2D eigenvalue weighted by Crippen LogP contribution is 2.02. The van der Waals surface area contributed by atoms with E-state index in [1.165, 1.54) is 0 Å². The first-order valence-corrected chi connectivity index (χ1v) is 3.91. The summed E-state index contributed by atoms with van der Waals surface area (Å²) in [5.74, 6) is 0.0503. The lowest BCUT2D eigenvalue weighted by Gasteiger charge is -2.24. The van der Waals surface area contributed by atoms with Crippen molar-refractivity contribution in [3.05, 3.63) is 12.2 Å². The number of carbonyl (C=O) groups excluding carboxylic acids is 1. The van der Waals surface area contributed by atoms with Crippen LogP contribution >= 0.6 is 0 Å².